The molecular weight excluding hydrogens is 273 g/mol. The number of anilines is 1. The molecule has 0 unspecified atom stereocenters. The van der Waals surface area contributed by atoms with Crippen LogP contribution in [0.5, 0.6) is 11.8 Å². The molecule has 0 aliphatic carbocycles. The zero-order valence-corrected chi connectivity index (χ0v) is 9.85. The van der Waals surface area contributed by atoms with Crippen LogP contribution in [0.4, 0.5) is 18.9 Å². The fourth-order valence-corrected chi connectivity index (χ4v) is 1.41. The Morgan fingerprint density at radius 1 is 1.25 bits per heavy atom. The van der Waals surface area contributed by atoms with E-state index < -0.39 is 17.5 Å². The van der Waals surface area contributed by atoms with Crippen molar-refractivity contribution in [2.45, 2.75) is 6.18 Å². The Labute approximate surface area is 111 Å². The van der Waals surface area contributed by atoms with Gasteiger partial charge >= 0.3 is 12.2 Å². The maximum Gasteiger partial charge on any atom is 0.420 e. The average molecular weight is 280 g/mol. The van der Waals surface area contributed by atoms with Crippen molar-refractivity contribution in [1.82, 2.24) is 9.97 Å². The Kier molecular flexibility index (Phi) is 3.43. The van der Waals surface area contributed by atoms with E-state index in [1.807, 2.05) is 0 Å². The highest BCUT2D eigenvalue weighted by atomic mass is 19.4. The molecule has 2 N–H and O–H groups in total. The van der Waals surface area contributed by atoms with Crippen LogP contribution in [0.25, 0.3) is 0 Å². The largest absolute Gasteiger partial charge is 0.424 e. The van der Waals surface area contributed by atoms with Crippen LogP contribution in [0.1, 0.15) is 11.3 Å². The van der Waals surface area contributed by atoms with Gasteiger partial charge in [-0.3, -0.25) is 0 Å². The maximum atomic E-state index is 12.8. The molecule has 0 aliphatic heterocycles. The molecule has 102 valence electrons. The number of hydrogen-bond donors (Lipinski definition) is 1. The third kappa shape index (κ3) is 2.95. The fraction of sp³-hybridized carbons (Fsp3) is 0.0833. The van der Waals surface area contributed by atoms with Crippen molar-refractivity contribution < 1.29 is 17.9 Å². The van der Waals surface area contributed by atoms with E-state index >= 15 is 0 Å². The first-order valence-electron chi connectivity index (χ1n) is 5.28. The number of aromatic nitrogens is 2. The van der Waals surface area contributed by atoms with Crippen molar-refractivity contribution in [3.8, 4) is 17.8 Å². The van der Waals surface area contributed by atoms with Gasteiger partial charge in [-0.05, 0) is 24.3 Å². The minimum absolute atomic E-state index is 0.0148. The lowest BCUT2D eigenvalue weighted by atomic mass is 10.1. The molecular formula is C12H7F3N4O. The van der Waals surface area contributed by atoms with Gasteiger partial charge < -0.3 is 10.5 Å². The topological polar surface area (TPSA) is 84.8 Å². The minimum atomic E-state index is -4.63. The molecule has 1 aromatic carbocycles. The van der Waals surface area contributed by atoms with E-state index in [9.17, 15) is 13.2 Å². The summed E-state index contributed by atoms with van der Waals surface area (Å²) in [6, 6.07) is 5.78. The summed E-state index contributed by atoms with van der Waals surface area (Å²) < 4.78 is 43.5. The summed E-state index contributed by atoms with van der Waals surface area (Å²) in [4.78, 5) is 7.28. The van der Waals surface area contributed by atoms with Crippen molar-refractivity contribution in [2.24, 2.45) is 0 Å². The van der Waals surface area contributed by atoms with Gasteiger partial charge in [0.25, 0.3) is 0 Å². The number of nitrogen functional groups attached to an aromatic ring is 1. The highest BCUT2D eigenvalue weighted by Gasteiger charge is 2.35. The van der Waals surface area contributed by atoms with Gasteiger partial charge in [-0.1, -0.05) is 0 Å². The van der Waals surface area contributed by atoms with Gasteiger partial charge in [-0.2, -0.15) is 23.4 Å². The maximum absolute atomic E-state index is 12.8. The van der Waals surface area contributed by atoms with Crippen LogP contribution < -0.4 is 10.5 Å². The molecule has 0 saturated carbocycles. The number of nitriles is 1. The molecule has 1 heterocycles. The van der Waals surface area contributed by atoms with Gasteiger partial charge in [0.05, 0.1) is 0 Å². The van der Waals surface area contributed by atoms with Crippen LogP contribution in [0.15, 0.2) is 30.5 Å². The molecule has 0 fully saturated rings. The molecule has 8 heteroatoms. The second-order valence-electron chi connectivity index (χ2n) is 3.69. The quantitative estimate of drug-likeness (QED) is 0.855. The standard InChI is InChI=1S/C12H7F3N4O/c13-12(14,15)9-5-7(17)1-2-10(9)20-11-18-4-3-8(6-16)19-11/h1-5H,17H2. The molecule has 1 aromatic heterocycles. The Morgan fingerprint density at radius 3 is 2.65 bits per heavy atom. The first-order valence-corrected chi connectivity index (χ1v) is 5.28. The van der Waals surface area contributed by atoms with Gasteiger partial charge in [0.2, 0.25) is 0 Å². The summed E-state index contributed by atoms with van der Waals surface area (Å²) in [5.74, 6) is -0.484. The molecule has 0 bridgehead atoms. The number of hydrogen-bond acceptors (Lipinski definition) is 5. The summed E-state index contributed by atoms with van der Waals surface area (Å²) in [6.45, 7) is 0. The Hall–Kier alpha value is -2.82. The molecule has 5 nitrogen and oxygen atoms in total. The van der Waals surface area contributed by atoms with Crippen molar-refractivity contribution >= 4 is 5.69 Å². The lowest BCUT2D eigenvalue weighted by Crippen LogP contribution is -2.08. The zero-order chi connectivity index (χ0) is 14.8. The number of nitrogens with zero attached hydrogens (tertiary/aromatic N) is 3. The zero-order valence-electron chi connectivity index (χ0n) is 9.85. The van der Waals surface area contributed by atoms with Gasteiger partial charge in [0.1, 0.15) is 23.1 Å². The van der Waals surface area contributed by atoms with E-state index in [0.717, 1.165) is 12.1 Å². The second kappa shape index (κ2) is 5.05. The predicted molar refractivity (Wildman–Crippen MR) is 62.7 cm³/mol. The summed E-state index contributed by atoms with van der Waals surface area (Å²) in [5, 5.41) is 8.66. The van der Waals surface area contributed by atoms with Crippen LogP contribution in [0, 0.1) is 11.3 Å². The minimum Gasteiger partial charge on any atom is -0.424 e. The van der Waals surface area contributed by atoms with Gasteiger partial charge in [-0.25, -0.2) is 4.98 Å². The van der Waals surface area contributed by atoms with Gasteiger partial charge in [0, 0.05) is 11.9 Å². The van der Waals surface area contributed by atoms with E-state index in [4.69, 9.17) is 15.7 Å². The Balaban J connectivity index is 2.41. The van der Waals surface area contributed by atoms with E-state index in [1.165, 1.54) is 18.3 Å². The van der Waals surface area contributed by atoms with E-state index in [1.54, 1.807) is 6.07 Å². The predicted octanol–water partition coefficient (Wildman–Crippen LogP) is 2.74. The smallest absolute Gasteiger partial charge is 0.420 e. The summed E-state index contributed by atoms with van der Waals surface area (Å²) in [7, 11) is 0. The van der Waals surface area contributed by atoms with Crippen molar-refractivity contribution in [2.75, 3.05) is 5.73 Å². The monoisotopic (exact) mass is 280 g/mol. The number of halogens is 3. The first-order chi connectivity index (χ1) is 9.40. The first kappa shape index (κ1) is 13.6. The highest BCUT2D eigenvalue weighted by Crippen LogP contribution is 2.38. The van der Waals surface area contributed by atoms with Gasteiger partial charge in [-0.15, -0.1) is 0 Å². The number of nitrogens with two attached hydrogens (primary N) is 1. The Morgan fingerprint density at radius 2 is 2.00 bits per heavy atom. The normalized spacial score (nSPS) is 10.9. The van der Waals surface area contributed by atoms with Crippen LogP contribution in [0.2, 0.25) is 0 Å². The summed E-state index contributed by atoms with van der Waals surface area (Å²) in [6.07, 6.45) is -3.41. The third-order valence-electron chi connectivity index (χ3n) is 2.26. The molecule has 0 atom stereocenters. The molecule has 20 heavy (non-hydrogen) atoms. The average Bonchev–Trinajstić information content (AvgIpc) is 2.40. The molecule has 2 rings (SSSR count). The van der Waals surface area contributed by atoms with E-state index in [2.05, 4.69) is 9.97 Å². The molecule has 0 amide bonds. The Bertz CT molecular complexity index is 679. The summed E-state index contributed by atoms with van der Waals surface area (Å²) in [5.41, 5.74) is 4.24. The van der Waals surface area contributed by atoms with Crippen LogP contribution in [-0.2, 0) is 6.18 Å². The summed E-state index contributed by atoms with van der Waals surface area (Å²) >= 11 is 0. The number of benzene rings is 1. The fourth-order valence-electron chi connectivity index (χ4n) is 1.41. The number of ether oxygens (including phenoxy) is 1. The third-order valence-corrected chi connectivity index (χ3v) is 2.26. The van der Waals surface area contributed by atoms with Gasteiger partial charge in [0.15, 0.2) is 0 Å². The van der Waals surface area contributed by atoms with E-state index in [0.29, 0.717) is 0 Å². The number of rotatable bonds is 2. The lowest BCUT2D eigenvalue weighted by Gasteiger charge is -2.13. The van der Waals surface area contributed by atoms with Crippen LogP contribution in [0.3, 0.4) is 0 Å². The van der Waals surface area contributed by atoms with Crippen LogP contribution >= 0.6 is 0 Å². The SMILES string of the molecule is N#Cc1ccnc(Oc2ccc(N)cc2C(F)(F)F)n1. The van der Waals surface area contributed by atoms with Crippen molar-refractivity contribution in [1.29, 1.82) is 5.26 Å². The number of alkyl halides is 3. The van der Waals surface area contributed by atoms with Crippen molar-refractivity contribution in [3.05, 3.63) is 41.7 Å². The van der Waals surface area contributed by atoms with Crippen molar-refractivity contribution in [3.63, 3.8) is 0 Å². The molecule has 0 aliphatic rings. The molecule has 0 radical (unpaired) electrons. The molecule has 0 saturated heterocycles. The molecule has 2 aromatic rings. The molecule has 0 spiro atoms. The highest BCUT2D eigenvalue weighted by molar-refractivity contribution is 5.49. The lowest BCUT2D eigenvalue weighted by molar-refractivity contribution is -0.138. The van der Waals surface area contributed by atoms with E-state index in [-0.39, 0.29) is 17.4 Å². The van der Waals surface area contributed by atoms with Crippen LogP contribution in [-0.4, -0.2) is 9.97 Å². The second-order valence-corrected chi connectivity index (χ2v) is 3.69.